The number of rotatable bonds is 27. The van der Waals surface area contributed by atoms with Gasteiger partial charge in [0.15, 0.2) is 0 Å². The first-order chi connectivity index (χ1) is 43.5. The van der Waals surface area contributed by atoms with Gasteiger partial charge >= 0.3 is 17.9 Å². The van der Waals surface area contributed by atoms with Crippen LogP contribution < -0.4 is 23.6 Å². The highest BCUT2D eigenvalue weighted by molar-refractivity contribution is 7.93. The van der Waals surface area contributed by atoms with E-state index in [0.29, 0.717) is 66.9 Å². The number of carbonyl (C=O) groups is 3. The van der Waals surface area contributed by atoms with Crippen molar-refractivity contribution >= 4 is 65.0 Å². The standard InChI is InChI=1S/C24H25NO6S.C24H25NO4S.C23H23NO4S/c1-30-20-13-14-22(31-2)23(16-20)32(28,29)25-21-12-4-3-9-18(21)10-5-7-17-8-6-11-19(15-17)24(26)27;1-17-13-14-23(18(2)15-17)30(28,29)25-22-12-4-3-9-20(22)10-5-7-19-8-6-11-21(16-19)24(26)27;25-23(26)21-14-7-11-18(16-21)10-6-13-20-12-4-5-15-22(20)24-29(27,28)17-19-8-2-1-3-9-19/h3-4,6,8-9,11-16,25H,5,7,10H2,1-2H3,(H,26,27);3-4,6,8-9,11-16,25H,5,7,10H2,1-2H3,(H,26,27);1-5,7-9,11-12,14-16,24H,6,10,13,17H2,(H,25,26). The van der Waals surface area contributed by atoms with E-state index in [-0.39, 0.29) is 38.0 Å². The second-order valence-electron chi connectivity index (χ2n) is 21.4. The first-order valence-corrected chi connectivity index (χ1v) is 33.7. The van der Waals surface area contributed by atoms with E-state index in [0.717, 1.165) is 63.8 Å². The van der Waals surface area contributed by atoms with Gasteiger partial charge in [-0.25, -0.2) is 39.6 Å². The maximum atomic E-state index is 13.1. The Morgan fingerprint density at radius 1 is 0.385 bits per heavy atom. The van der Waals surface area contributed by atoms with Crippen LogP contribution in [0.3, 0.4) is 0 Å². The lowest BCUT2D eigenvalue weighted by atomic mass is 10.0. The molecule has 91 heavy (non-hydrogen) atoms. The van der Waals surface area contributed by atoms with Gasteiger partial charge in [-0.3, -0.25) is 14.2 Å². The molecule has 0 bridgehead atoms. The van der Waals surface area contributed by atoms with Gasteiger partial charge in [-0.2, -0.15) is 0 Å². The van der Waals surface area contributed by atoms with E-state index in [9.17, 15) is 39.6 Å². The molecule has 0 amide bonds. The molecule has 9 aromatic rings. The Hall–Kier alpha value is -9.76. The van der Waals surface area contributed by atoms with Gasteiger partial charge in [-0.1, -0.05) is 139 Å². The van der Waals surface area contributed by atoms with Gasteiger partial charge in [0.2, 0.25) is 10.0 Å². The third-order valence-corrected chi connectivity index (χ3v) is 18.7. The van der Waals surface area contributed by atoms with Crippen molar-refractivity contribution in [2.45, 2.75) is 87.2 Å². The van der Waals surface area contributed by atoms with E-state index >= 15 is 0 Å². The van der Waals surface area contributed by atoms with E-state index in [1.54, 1.807) is 134 Å². The van der Waals surface area contributed by atoms with Crippen molar-refractivity contribution in [1.82, 2.24) is 0 Å². The highest BCUT2D eigenvalue weighted by atomic mass is 32.2. The largest absolute Gasteiger partial charge is 0.497 e. The molecule has 0 fully saturated rings. The fraction of sp³-hybridized carbons (Fsp3) is 0.197. The Bertz CT molecular complexity index is 4330. The number of aromatic carboxylic acids is 3. The van der Waals surface area contributed by atoms with E-state index in [1.165, 1.54) is 20.3 Å². The second-order valence-corrected chi connectivity index (χ2v) is 26.4. The zero-order valence-corrected chi connectivity index (χ0v) is 53.3. The summed E-state index contributed by atoms with van der Waals surface area (Å²) in [5.41, 5.74) is 10.4. The number of methoxy groups -OCH3 is 2. The molecule has 0 aromatic heterocycles. The first-order valence-electron chi connectivity index (χ1n) is 29.1. The van der Waals surface area contributed by atoms with Gasteiger partial charge in [0, 0.05) is 6.07 Å². The molecular formula is C71H73N3O14S3. The van der Waals surface area contributed by atoms with Gasteiger partial charge in [0.05, 0.1) is 58.6 Å². The number of carboxylic acids is 3. The van der Waals surface area contributed by atoms with Crippen molar-refractivity contribution in [2.75, 3.05) is 28.4 Å². The fourth-order valence-corrected chi connectivity index (χ4v) is 13.9. The van der Waals surface area contributed by atoms with Gasteiger partial charge in [0.1, 0.15) is 16.4 Å². The molecule has 0 atom stereocenters. The predicted molar refractivity (Wildman–Crippen MR) is 355 cm³/mol. The minimum Gasteiger partial charge on any atom is -0.497 e. The number of aryl methyl sites for hydroxylation is 8. The van der Waals surface area contributed by atoms with Crippen molar-refractivity contribution in [3.05, 3.63) is 279 Å². The van der Waals surface area contributed by atoms with Crippen LogP contribution in [0.15, 0.2) is 222 Å². The van der Waals surface area contributed by atoms with Crippen molar-refractivity contribution in [3.63, 3.8) is 0 Å². The van der Waals surface area contributed by atoms with Crippen molar-refractivity contribution < 1.29 is 64.4 Å². The summed E-state index contributed by atoms with van der Waals surface area (Å²) in [5, 5.41) is 27.4. The minimum absolute atomic E-state index is 0.0142. The second kappa shape index (κ2) is 32.6. The number of para-hydroxylation sites is 3. The Kier molecular flexibility index (Phi) is 24.7. The molecule has 0 saturated heterocycles. The van der Waals surface area contributed by atoms with Crippen molar-refractivity contribution in [2.24, 2.45) is 0 Å². The van der Waals surface area contributed by atoms with Crippen LogP contribution in [0.1, 0.15) is 100 Å². The van der Waals surface area contributed by atoms with Crippen LogP contribution in [-0.2, 0) is 74.3 Å². The van der Waals surface area contributed by atoms with Gasteiger partial charge < -0.3 is 24.8 Å². The van der Waals surface area contributed by atoms with Crippen LogP contribution in [0.4, 0.5) is 17.1 Å². The molecule has 0 heterocycles. The van der Waals surface area contributed by atoms with E-state index in [2.05, 4.69) is 14.2 Å². The topological polar surface area (TPSA) is 269 Å². The normalized spacial score (nSPS) is 11.2. The molecular weight excluding hydrogens is 1210 g/mol. The van der Waals surface area contributed by atoms with Crippen LogP contribution in [-0.4, -0.2) is 72.7 Å². The predicted octanol–water partition coefficient (Wildman–Crippen LogP) is 13.9. The number of ether oxygens (including phenoxy) is 2. The SMILES string of the molecule is COc1ccc(OC)c(S(=O)(=O)Nc2ccccc2CCCc2cccc(C(=O)O)c2)c1.Cc1ccc(S(=O)(=O)Nc2ccccc2CCCc2cccc(C(=O)O)c2)c(C)c1.O=C(O)c1cccc(CCCc2ccccc2NS(=O)(=O)Cc2ccccc2)c1. The lowest BCUT2D eigenvalue weighted by molar-refractivity contribution is 0.0686. The number of anilines is 3. The van der Waals surface area contributed by atoms with Crippen LogP contribution in [0.2, 0.25) is 0 Å². The average molecular weight is 1290 g/mol. The number of hydrogen-bond acceptors (Lipinski definition) is 11. The zero-order chi connectivity index (χ0) is 65.6. The maximum Gasteiger partial charge on any atom is 0.335 e. The zero-order valence-electron chi connectivity index (χ0n) is 50.8. The molecule has 0 spiro atoms. The van der Waals surface area contributed by atoms with E-state index in [1.807, 2.05) is 85.8 Å². The monoisotopic (exact) mass is 1290 g/mol. The fourth-order valence-electron chi connectivity index (χ4n) is 10.0. The van der Waals surface area contributed by atoms with Gasteiger partial charge in [-0.05, 0) is 189 Å². The Balaban J connectivity index is 0.000000194. The molecule has 0 saturated carbocycles. The van der Waals surface area contributed by atoms with E-state index in [4.69, 9.17) is 24.8 Å². The summed E-state index contributed by atoms with van der Waals surface area (Å²) in [6.07, 6.45) is 6.34. The van der Waals surface area contributed by atoms with Crippen LogP contribution in [0.5, 0.6) is 11.5 Å². The third-order valence-electron chi connectivity index (χ3n) is 14.5. The summed E-state index contributed by atoms with van der Waals surface area (Å²) >= 11 is 0. The molecule has 474 valence electrons. The summed E-state index contributed by atoms with van der Waals surface area (Å²) < 4.78 is 95.6. The molecule has 6 N–H and O–H groups in total. The van der Waals surface area contributed by atoms with Crippen molar-refractivity contribution in [1.29, 1.82) is 0 Å². The smallest absolute Gasteiger partial charge is 0.335 e. The third kappa shape index (κ3) is 20.9. The van der Waals surface area contributed by atoms with Crippen LogP contribution in [0, 0.1) is 13.8 Å². The Labute approximate surface area is 532 Å². The van der Waals surface area contributed by atoms with Crippen molar-refractivity contribution in [3.8, 4) is 11.5 Å². The minimum atomic E-state index is -3.92. The maximum absolute atomic E-state index is 13.1. The molecule has 0 aliphatic heterocycles. The Morgan fingerprint density at radius 2 is 0.780 bits per heavy atom. The molecule has 20 heteroatoms. The molecule has 0 aliphatic carbocycles. The summed E-state index contributed by atoms with van der Waals surface area (Å²) in [6, 6.07) is 61.5. The first kappa shape index (κ1) is 68.7. The number of nitrogens with one attached hydrogen (secondary N) is 3. The van der Waals surface area contributed by atoms with Crippen LogP contribution in [0.25, 0.3) is 0 Å². The Morgan fingerprint density at radius 3 is 1.19 bits per heavy atom. The molecule has 9 rings (SSSR count). The summed E-state index contributed by atoms with van der Waals surface area (Å²) in [7, 11) is -8.26. The summed E-state index contributed by atoms with van der Waals surface area (Å²) in [6.45, 7) is 3.72. The summed E-state index contributed by atoms with van der Waals surface area (Å²) in [5.74, 6) is -2.30. The number of benzene rings is 9. The molecule has 0 radical (unpaired) electrons. The number of sulfonamides is 3. The van der Waals surface area contributed by atoms with E-state index < -0.39 is 48.0 Å². The lowest BCUT2D eigenvalue weighted by Crippen LogP contribution is -2.16. The quantitative estimate of drug-likeness (QED) is 0.0280. The number of carboxylic acid groups (broad SMARTS) is 3. The summed E-state index contributed by atoms with van der Waals surface area (Å²) in [4.78, 5) is 33.6. The molecule has 0 aliphatic rings. The lowest BCUT2D eigenvalue weighted by Gasteiger charge is -2.15. The molecule has 0 unspecified atom stereocenters. The average Bonchev–Trinajstić information content (AvgIpc) is 0.875. The van der Waals surface area contributed by atoms with Gasteiger partial charge in [0.25, 0.3) is 20.0 Å². The van der Waals surface area contributed by atoms with Gasteiger partial charge in [-0.15, -0.1) is 0 Å². The highest BCUT2D eigenvalue weighted by Gasteiger charge is 2.23. The molecule has 17 nitrogen and oxygen atoms in total. The number of hydrogen-bond donors (Lipinski definition) is 6. The van der Waals surface area contributed by atoms with Crippen LogP contribution >= 0.6 is 0 Å². The molecule has 9 aromatic carbocycles. The highest BCUT2D eigenvalue weighted by Crippen LogP contribution is 2.32.